The highest BCUT2D eigenvalue weighted by molar-refractivity contribution is 5.98. The molecule has 0 aromatic carbocycles. The van der Waals surface area contributed by atoms with Crippen LogP contribution in [0.15, 0.2) is 25.3 Å². The second-order valence-electron chi connectivity index (χ2n) is 11.0. The predicted octanol–water partition coefficient (Wildman–Crippen LogP) is 2.99. The molecule has 8 nitrogen and oxygen atoms in total. The summed E-state index contributed by atoms with van der Waals surface area (Å²) in [7, 11) is 0. The molecule has 3 heterocycles. The van der Waals surface area contributed by atoms with E-state index in [0.717, 1.165) is 32.1 Å². The first kappa shape index (κ1) is 26.9. The molecule has 3 aliphatic heterocycles. The van der Waals surface area contributed by atoms with E-state index in [1.54, 1.807) is 11.0 Å². The summed E-state index contributed by atoms with van der Waals surface area (Å²) in [6.45, 7) is 10.4. The molecule has 8 heteroatoms. The number of hydrogen-bond donors (Lipinski definition) is 1. The van der Waals surface area contributed by atoms with Gasteiger partial charge in [0.25, 0.3) is 0 Å². The molecule has 3 saturated heterocycles. The van der Waals surface area contributed by atoms with Gasteiger partial charge in [-0.2, -0.15) is 0 Å². The van der Waals surface area contributed by atoms with E-state index in [2.05, 4.69) is 13.2 Å². The van der Waals surface area contributed by atoms with Gasteiger partial charge in [0.15, 0.2) is 0 Å². The van der Waals surface area contributed by atoms with Crippen molar-refractivity contribution >= 4 is 17.8 Å². The van der Waals surface area contributed by atoms with Crippen LogP contribution in [0, 0.1) is 11.8 Å². The lowest BCUT2D eigenvalue weighted by atomic mass is 9.66. The summed E-state index contributed by atoms with van der Waals surface area (Å²) in [5.41, 5.74) is -1.87. The Hall–Kier alpha value is -2.19. The molecule has 2 unspecified atom stereocenters. The van der Waals surface area contributed by atoms with E-state index in [-0.39, 0.29) is 31.1 Å². The van der Waals surface area contributed by atoms with E-state index in [4.69, 9.17) is 9.47 Å². The number of fused-ring (bicyclic) bond motifs is 1. The number of aliphatic hydroxyl groups is 1. The van der Waals surface area contributed by atoms with Crippen LogP contribution in [0.4, 0.5) is 0 Å². The molecule has 1 saturated carbocycles. The first-order valence-electron chi connectivity index (χ1n) is 13.6. The fourth-order valence-electron chi connectivity index (χ4n) is 7.21. The SMILES string of the molecule is C=CCOC(=O)[C@H]1[C@H]2C(=O)N(CCCCCO)C(C(=O)N(CC=C)C3CCCCC3)C23CC[C@]1(C)O3. The van der Waals surface area contributed by atoms with Crippen LogP contribution in [-0.2, 0) is 23.9 Å². The van der Waals surface area contributed by atoms with Gasteiger partial charge in [0.2, 0.25) is 11.8 Å². The van der Waals surface area contributed by atoms with Crippen molar-refractivity contribution in [2.75, 3.05) is 26.3 Å². The number of amides is 2. The van der Waals surface area contributed by atoms with Gasteiger partial charge in [0.05, 0.1) is 11.5 Å². The summed E-state index contributed by atoms with van der Waals surface area (Å²) < 4.78 is 12.1. The molecule has 4 rings (SSSR count). The second kappa shape index (κ2) is 11.1. The third-order valence-electron chi connectivity index (χ3n) is 8.79. The second-order valence-corrected chi connectivity index (χ2v) is 11.0. The van der Waals surface area contributed by atoms with Gasteiger partial charge >= 0.3 is 5.97 Å². The van der Waals surface area contributed by atoms with Crippen molar-refractivity contribution in [1.82, 2.24) is 9.80 Å². The quantitative estimate of drug-likeness (QED) is 0.250. The van der Waals surface area contributed by atoms with E-state index < -0.39 is 35.0 Å². The molecule has 1 spiro atoms. The van der Waals surface area contributed by atoms with Gasteiger partial charge in [-0.1, -0.05) is 38.0 Å². The first-order chi connectivity index (χ1) is 17.3. The van der Waals surface area contributed by atoms with E-state index in [1.165, 1.54) is 12.5 Å². The number of esters is 1. The van der Waals surface area contributed by atoms with Gasteiger partial charge < -0.3 is 24.4 Å². The highest BCUT2D eigenvalue weighted by Crippen LogP contribution is 2.63. The van der Waals surface area contributed by atoms with Crippen LogP contribution in [0.3, 0.4) is 0 Å². The maximum atomic E-state index is 14.4. The maximum Gasteiger partial charge on any atom is 0.313 e. The van der Waals surface area contributed by atoms with Crippen molar-refractivity contribution < 1.29 is 29.0 Å². The molecule has 200 valence electrons. The fourth-order valence-corrected chi connectivity index (χ4v) is 7.21. The Morgan fingerprint density at radius 3 is 2.58 bits per heavy atom. The van der Waals surface area contributed by atoms with Gasteiger partial charge in [-0.15, -0.1) is 6.58 Å². The minimum Gasteiger partial charge on any atom is -0.461 e. The number of carbonyl (C=O) groups is 3. The van der Waals surface area contributed by atoms with Crippen molar-refractivity contribution in [3.8, 4) is 0 Å². The van der Waals surface area contributed by atoms with Crippen LogP contribution in [0.5, 0.6) is 0 Å². The Morgan fingerprint density at radius 1 is 1.17 bits per heavy atom. The lowest BCUT2D eigenvalue weighted by Gasteiger charge is -2.40. The molecule has 2 amide bonds. The molecular formula is C28H42N2O6. The summed E-state index contributed by atoms with van der Waals surface area (Å²) in [5, 5.41) is 9.21. The minimum absolute atomic E-state index is 0.0708. The highest BCUT2D eigenvalue weighted by Gasteiger charge is 2.78. The largest absolute Gasteiger partial charge is 0.461 e. The molecule has 36 heavy (non-hydrogen) atoms. The van der Waals surface area contributed by atoms with Gasteiger partial charge in [-0.05, 0) is 51.9 Å². The van der Waals surface area contributed by atoms with Crippen LogP contribution in [0.2, 0.25) is 0 Å². The number of nitrogens with zero attached hydrogens (tertiary/aromatic N) is 2. The standard InChI is InChI=1S/C28H42N2O6/c1-4-16-29(20-12-8-6-9-13-20)25(33)23-28-15-14-27(3,36-28)22(26(34)35-19-5-2)21(28)24(32)30(23)17-10-7-11-18-31/h4-5,20-23,31H,1-2,6-19H2,3H3/t21-,22+,23?,27-,28?/m0/s1. The van der Waals surface area contributed by atoms with Crippen molar-refractivity contribution in [2.24, 2.45) is 11.8 Å². The van der Waals surface area contributed by atoms with Crippen LogP contribution in [0.1, 0.15) is 71.1 Å². The Kier molecular flexibility index (Phi) is 8.25. The molecule has 2 bridgehead atoms. The Labute approximate surface area is 214 Å². The molecule has 1 N–H and O–H groups in total. The van der Waals surface area contributed by atoms with Gasteiger partial charge in [-0.3, -0.25) is 14.4 Å². The van der Waals surface area contributed by atoms with E-state index in [9.17, 15) is 19.5 Å². The Balaban J connectivity index is 1.70. The van der Waals surface area contributed by atoms with E-state index in [1.807, 2.05) is 11.8 Å². The van der Waals surface area contributed by atoms with Crippen LogP contribution < -0.4 is 0 Å². The topological polar surface area (TPSA) is 96.4 Å². The normalized spacial score (nSPS) is 33.4. The summed E-state index contributed by atoms with van der Waals surface area (Å²) >= 11 is 0. The average molecular weight is 503 g/mol. The maximum absolute atomic E-state index is 14.4. The van der Waals surface area contributed by atoms with E-state index in [0.29, 0.717) is 38.8 Å². The zero-order chi connectivity index (χ0) is 25.9. The first-order valence-corrected chi connectivity index (χ1v) is 13.6. The van der Waals surface area contributed by atoms with Crippen LogP contribution in [-0.4, -0.2) is 82.3 Å². The third-order valence-corrected chi connectivity index (χ3v) is 8.79. The molecule has 5 atom stereocenters. The zero-order valence-electron chi connectivity index (χ0n) is 21.7. The Morgan fingerprint density at radius 2 is 1.92 bits per heavy atom. The molecule has 4 fully saturated rings. The molecule has 0 aromatic heterocycles. The summed E-state index contributed by atoms with van der Waals surface area (Å²) in [4.78, 5) is 45.2. The zero-order valence-corrected chi connectivity index (χ0v) is 21.7. The highest BCUT2D eigenvalue weighted by atomic mass is 16.6. The van der Waals surface area contributed by atoms with Crippen molar-refractivity contribution in [3.63, 3.8) is 0 Å². The lowest BCUT2D eigenvalue weighted by Crippen LogP contribution is -2.58. The average Bonchev–Trinajstić information content (AvgIpc) is 3.44. The summed E-state index contributed by atoms with van der Waals surface area (Å²) in [5.74, 6) is -2.23. The van der Waals surface area contributed by atoms with Gasteiger partial charge in [0, 0.05) is 25.7 Å². The Bertz CT molecular complexity index is 870. The van der Waals surface area contributed by atoms with Crippen LogP contribution >= 0.6 is 0 Å². The number of likely N-dealkylation sites (tertiary alicyclic amines) is 1. The molecule has 0 aromatic rings. The molecule has 0 radical (unpaired) electrons. The number of unbranched alkanes of at least 4 members (excludes halogenated alkanes) is 2. The van der Waals surface area contributed by atoms with Gasteiger partial charge in [0.1, 0.15) is 24.2 Å². The number of aliphatic hydroxyl groups excluding tert-OH is 1. The summed E-state index contributed by atoms with van der Waals surface area (Å²) in [6, 6.07) is -0.654. The molecule has 1 aliphatic carbocycles. The number of rotatable bonds is 12. The smallest absolute Gasteiger partial charge is 0.313 e. The minimum atomic E-state index is -1.04. The van der Waals surface area contributed by atoms with Gasteiger partial charge in [-0.25, -0.2) is 0 Å². The van der Waals surface area contributed by atoms with Crippen molar-refractivity contribution in [1.29, 1.82) is 0 Å². The van der Waals surface area contributed by atoms with Crippen molar-refractivity contribution in [3.05, 3.63) is 25.3 Å². The predicted molar refractivity (Wildman–Crippen MR) is 135 cm³/mol. The van der Waals surface area contributed by atoms with Crippen molar-refractivity contribution in [2.45, 2.75) is 94.4 Å². The fraction of sp³-hybridized carbons (Fsp3) is 0.750. The lowest BCUT2D eigenvalue weighted by molar-refractivity contribution is -0.160. The summed E-state index contributed by atoms with van der Waals surface area (Å²) in [6.07, 6.45) is 11.7. The molecular weight excluding hydrogens is 460 g/mol. The number of hydrogen-bond acceptors (Lipinski definition) is 6. The monoisotopic (exact) mass is 502 g/mol. The molecule has 4 aliphatic rings. The number of carbonyl (C=O) groups excluding carboxylic acids is 3. The third kappa shape index (κ3) is 4.51. The van der Waals surface area contributed by atoms with E-state index >= 15 is 0 Å². The number of ether oxygens (including phenoxy) is 2. The van der Waals surface area contributed by atoms with Crippen LogP contribution in [0.25, 0.3) is 0 Å².